The number of ether oxygens (including phenoxy) is 1. The van der Waals surface area contributed by atoms with Crippen LogP contribution in [0.4, 0.5) is 0 Å². The molecule has 1 heterocycles. The molecule has 0 atom stereocenters. The molecule has 0 aliphatic carbocycles. The number of carbonyl (C=O) groups is 2. The number of esters is 1. The van der Waals surface area contributed by atoms with Gasteiger partial charge < -0.3 is 4.74 Å². The van der Waals surface area contributed by atoms with Crippen LogP contribution in [0.3, 0.4) is 0 Å². The average molecular weight is 379 g/mol. The van der Waals surface area contributed by atoms with Crippen LogP contribution in [0.2, 0.25) is 0 Å². The molecule has 2 aromatic rings. The molecule has 0 saturated heterocycles. The number of halogens is 1. The zero-order valence-corrected chi connectivity index (χ0v) is 14.7. The van der Waals surface area contributed by atoms with Gasteiger partial charge in [-0.05, 0) is 43.7 Å². The molecule has 0 radical (unpaired) electrons. The quantitative estimate of drug-likeness (QED) is 0.434. The third kappa shape index (κ3) is 4.64. The molecule has 0 fully saturated rings. The Morgan fingerprint density at radius 3 is 2.50 bits per heavy atom. The third-order valence-corrected chi connectivity index (χ3v) is 4.46. The summed E-state index contributed by atoms with van der Waals surface area (Å²) >= 11 is 4.90. The summed E-state index contributed by atoms with van der Waals surface area (Å²) in [6.07, 6.45) is 2.97. The molecule has 22 heavy (non-hydrogen) atoms. The van der Waals surface area contributed by atoms with E-state index < -0.39 is 5.97 Å². The number of carbonyl (C=O) groups excluding carboxylic acids is 2. The van der Waals surface area contributed by atoms with Crippen molar-refractivity contribution in [1.29, 1.82) is 0 Å². The maximum Gasteiger partial charge on any atom is 0.331 e. The van der Waals surface area contributed by atoms with E-state index in [1.54, 1.807) is 17.4 Å². The van der Waals surface area contributed by atoms with Crippen LogP contribution in [-0.4, -0.2) is 18.4 Å². The summed E-state index contributed by atoms with van der Waals surface area (Å²) in [5.41, 5.74) is 1.52. The molecular weight excluding hydrogens is 364 g/mol. The van der Waals surface area contributed by atoms with Crippen LogP contribution in [-0.2, 0) is 9.53 Å². The second kappa shape index (κ2) is 7.51. The van der Waals surface area contributed by atoms with Crippen molar-refractivity contribution in [2.75, 3.05) is 6.61 Å². The number of benzene rings is 1. The Morgan fingerprint density at radius 2 is 1.91 bits per heavy atom. The van der Waals surface area contributed by atoms with Crippen LogP contribution in [0.5, 0.6) is 0 Å². The van der Waals surface area contributed by atoms with Gasteiger partial charge >= 0.3 is 5.97 Å². The number of hydrogen-bond donors (Lipinski definition) is 0. The fraction of sp³-hybridized carbons (Fsp3) is 0.176. The van der Waals surface area contributed by atoms with Gasteiger partial charge in [-0.15, -0.1) is 11.3 Å². The van der Waals surface area contributed by atoms with Gasteiger partial charge in [-0.25, -0.2) is 4.79 Å². The number of thiophene rings is 1. The second-order valence-corrected chi connectivity index (χ2v) is 7.12. The first-order chi connectivity index (χ1) is 10.5. The van der Waals surface area contributed by atoms with E-state index in [0.29, 0.717) is 5.56 Å². The predicted octanol–water partition coefficient (Wildman–Crippen LogP) is 4.57. The van der Waals surface area contributed by atoms with Gasteiger partial charge in [0.1, 0.15) is 0 Å². The summed E-state index contributed by atoms with van der Waals surface area (Å²) in [7, 11) is 0. The zero-order valence-electron chi connectivity index (χ0n) is 12.3. The van der Waals surface area contributed by atoms with E-state index in [0.717, 1.165) is 19.8 Å². The summed E-state index contributed by atoms with van der Waals surface area (Å²) in [5, 5.41) is 0. The first kappa shape index (κ1) is 16.6. The lowest BCUT2D eigenvalue weighted by Gasteiger charge is -2.01. The first-order valence-electron chi connectivity index (χ1n) is 6.66. The minimum Gasteiger partial charge on any atom is -0.454 e. The largest absolute Gasteiger partial charge is 0.454 e. The molecule has 0 aliphatic rings. The summed E-state index contributed by atoms with van der Waals surface area (Å²) in [4.78, 5) is 25.7. The summed E-state index contributed by atoms with van der Waals surface area (Å²) in [5.74, 6) is -0.701. The minimum absolute atomic E-state index is 0.174. The molecule has 1 aromatic heterocycles. The Bertz CT molecular complexity index is 714. The SMILES string of the molecule is Cc1cc(C(=O)COC(=O)/C=C/c2ccc(Br)cc2)c(C)s1. The van der Waals surface area contributed by atoms with Crippen molar-refractivity contribution in [2.24, 2.45) is 0 Å². The normalized spacial score (nSPS) is 10.9. The fourth-order valence-electron chi connectivity index (χ4n) is 1.91. The van der Waals surface area contributed by atoms with Crippen molar-refractivity contribution < 1.29 is 14.3 Å². The van der Waals surface area contributed by atoms with E-state index in [4.69, 9.17) is 4.74 Å². The van der Waals surface area contributed by atoms with Crippen molar-refractivity contribution in [2.45, 2.75) is 13.8 Å². The van der Waals surface area contributed by atoms with Crippen LogP contribution >= 0.6 is 27.3 Å². The molecule has 0 spiro atoms. The maximum absolute atomic E-state index is 12.0. The van der Waals surface area contributed by atoms with Crippen LogP contribution in [0.15, 0.2) is 40.9 Å². The molecule has 5 heteroatoms. The molecule has 0 unspecified atom stereocenters. The number of hydrogen-bond acceptors (Lipinski definition) is 4. The number of ketones is 1. The van der Waals surface area contributed by atoms with Gasteiger partial charge in [0.15, 0.2) is 6.61 Å². The van der Waals surface area contributed by atoms with Crippen molar-refractivity contribution >= 4 is 45.1 Å². The second-order valence-electron chi connectivity index (χ2n) is 4.74. The molecule has 0 N–H and O–H groups in total. The van der Waals surface area contributed by atoms with Gasteiger partial charge in [-0.2, -0.15) is 0 Å². The van der Waals surface area contributed by atoms with Crippen LogP contribution in [0, 0.1) is 13.8 Å². The van der Waals surface area contributed by atoms with E-state index in [9.17, 15) is 9.59 Å². The van der Waals surface area contributed by atoms with E-state index in [-0.39, 0.29) is 12.4 Å². The van der Waals surface area contributed by atoms with Gasteiger partial charge in [-0.1, -0.05) is 28.1 Å². The van der Waals surface area contributed by atoms with E-state index in [1.165, 1.54) is 6.08 Å². The zero-order chi connectivity index (χ0) is 16.1. The smallest absolute Gasteiger partial charge is 0.331 e. The van der Waals surface area contributed by atoms with Gasteiger partial charge in [0, 0.05) is 25.9 Å². The molecule has 0 amide bonds. The highest BCUT2D eigenvalue weighted by Gasteiger charge is 2.13. The van der Waals surface area contributed by atoms with Crippen molar-refractivity contribution in [3.05, 3.63) is 61.8 Å². The van der Waals surface area contributed by atoms with E-state index >= 15 is 0 Å². The highest BCUT2D eigenvalue weighted by molar-refractivity contribution is 9.10. The summed E-state index contributed by atoms with van der Waals surface area (Å²) in [6.45, 7) is 3.60. The van der Waals surface area contributed by atoms with Gasteiger partial charge in [-0.3, -0.25) is 4.79 Å². The number of rotatable bonds is 5. The minimum atomic E-state index is -0.527. The fourth-order valence-corrected chi connectivity index (χ4v) is 3.12. The lowest BCUT2D eigenvalue weighted by Crippen LogP contribution is -2.12. The summed E-state index contributed by atoms with van der Waals surface area (Å²) in [6, 6.07) is 9.34. The number of aryl methyl sites for hydroxylation is 2. The molecule has 3 nitrogen and oxygen atoms in total. The van der Waals surface area contributed by atoms with Crippen LogP contribution in [0.1, 0.15) is 25.7 Å². The standard InChI is InChI=1S/C17H15BrO3S/c1-11-9-15(12(2)22-11)16(19)10-21-17(20)8-5-13-3-6-14(18)7-4-13/h3-9H,10H2,1-2H3/b8-5+. The summed E-state index contributed by atoms with van der Waals surface area (Å²) < 4.78 is 5.96. The van der Waals surface area contributed by atoms with E-state index in [2.05, 4.69) is 15.9 Å². The first-order valence-corrected chi connectivity index (χ1v) is 8.27. The Kier molecular flexibility index (Phi) is 5.69. The molecule has 0 bridgehead atoms. The Labute approximate surface area is 141 Å². The molecule has 0 saturated carbocycles. The topological polar surface area (TPSA) is 43.4 Å². The van der Waals surface area contributed by atoms with Gasteiger partial charge in [0.2, 0.25) is 5.78 Å². The van der Waals surface area contributed by atoms with Crippen molar-refractivity contribution in [3.63, 3.8) is 0 Å². The predicted molar refractivity (Wildman–Crippen MR) is 92.3 cm³/mol. The lowest BCUT2D eigenvalue weighted by atomic mass is 10.2. The van der Waals surface area contributed by atoms with E-state index in [1.807, 2.05) is 44.2 Å². The molecule has 114 valence electrons. The molecular formula is C17H15BrO3S. The highest BCUT2D eigenvalue weighted by atomic mass is 79.9. The van der Waals surface area contributed by atoms with Crippen molar-refractivity contribution in [3.8, 4) is 0 Å². The number of Topliss-reactive ketones (excluding diaryl/α,β-unsaturated/α-hetero) is 1. The van der Waals surface area contributed by atoms with Gasteiger partial charge in [0.05, 0.1) is 0 Å². The molecule has 2 rings (SSSR count). The van der Waals surface area contributed by atoms with Crippen LogP contribution < -0.4 is 0 Å². The molecule has 1 aromatic carbocycles. The Hall–Kier alpha value is -1.72. The lowest BCUT2D eigenvalue weighted by molar-refractivity contribution is -0.136. The maximum atomic E-state index is 12.0. The Morgan fingerprint density at radius 1 is 1.23 bits per heavy atom. The molecule has 0 aliphatic heterocycles. The van der Waals surface area contributed by atoms with Gasteiger partial charge in [0.25, 0.3) is 0 Å². The van der Waals surface area contributed by atoms with Crippen LogP contribution in [0.25, 0.3) is 6.08 Å². The Balaban J connectivity index is 1.88. The monoisotopic (exact) mass is 378 g/mol. The van der Waals surface area contributed by atoms with Crippen molar-refractivity contribution in [1.82, 2.24) is 0 Å². The highest BCUT2D eigenvalue weighted by Crippen LogP contribution is 2.21. The third-order valence-electron chi connectivity index (χ3n) is 2.97. The average Bonchev–Trinajstić information content (AvgIpc) is 2.83.